The van der Waals surface area contributed by atoms with E-state index in [0.29, 0.717) is 0 Å². The van der Waals surface area contributed by atoms with Crippen molar-refractivity contribution in [2.24, 2.45) is 0 Å². The summed E-state index contributed by atoms with van der Waals surface area (Å²) in [6.07, 6.45) is 0. The van der Waals surface area contributed by atoms with Gasteiger partial charge in [0.25, 0.3) is 0 Å². The first kappa shape index (κ1) is 29.1. The van der Waals surface area contributed by atoms with E-state index in [4.69, 9.17) is 9.97 Å². The fraction of sp³-hybridized carbons (Fsp3) is 0. The summed E-state index contributed by atoms with van der Waals surface area (Å²) in [6.45, 7) is 0. The minimum Gasteiger partial charge on any atom is -0.309 e. The maximum absolute atomic E-state index is 5.36. The monoisotopic (exact) mass is 679 g/mol. The third kappa shape index (κ3) is 4.45. The zero-order valence-electron chi connectivity index (χ0n) is 28.0. The maximum atomic E-state index is 5.36. The molecule has 0 saturated heterocycles. The summed E-state index contributed by atoms with van der Waals surface area (Å²) >= 11 is 1.78. The molecular weight excluding hydrogens is 651 g/mol. The van der Waals surface area contributed by atoms with Crippen LogP contribution >= 0.6 is 11.3 Å². The molecule has 0 aliphatic carbocycles. The average molecular weight is 680 g/mol. The smallest absolute Gasteiger partial charge is 0.160 e. The van der Waals surface area contributed by atoms with E-state index in [9.17, 15) is 0 Å². The van der Waals surface area contributed by atoms with Crippen LogP contribution in [0.4, 0.5) is 0 Å². The fourth-order valence-electron chi connectivity index (χ4n) is 8.01. The lowest BCUT2D eigenvalue weighted by Gasteiger charge is -2.12. The first-order valence-electron chi connectivity index (χ1n) is 17.6. The normalized spacial score (nSPS) is 11.8. The summed E-state index contributed by atoms with van der Waals surface area (Å²) < 4.78 is 4.68. The Morgan fingerprint density at radius 2 is 1.12 bits per heavy atom. The molecule has 0 spiro atoms. The van der Waals surface area contributed by atoms with Crippen LogP contribution in [0, 0.1) is 0 Å². The molecule has 0 saturated carbocycles. The number of hydrogen-bond donors (Lipinski definition) is 0. The molecule has 3 aromatic heterocycles. The topological polar surface area (TPSA) is 30.7 Å². The molecule has 0 fully saturated rings. The van der Waals surface area contributed by atoms with E-state index in [1.54, 1.807) is 11.3 Å². The molecule has 0 radical (unpaired) electrons. The van der Waals surface area contributed by atoms with Crippen molar-refractivity contribution in [2.45, 2.75) is 0 Å². The van der Waals surface area contributed by atoms with E-state index in [-0.39, 0.29) is 0 Å². The van der Waals surface area contributed by atoms with Crippen LogP contribution in [-0.4, -0.2) is 14.5 Å². The quantitative estimate of drug-likeness (QED) is 0.173. The summed E-state index contributed by atoms with van der Waals surface area (Å²) in [5, 5.41) is 8.64. The molecule has 3 heterocycles. The number of aromatic nitrogens is 3. The number of thiophene rings is 1. The number of para-hydroxylation sites is 2. The molecule has 0 bridgehead atoms. The van der Waals surface area contributed by atoms with Gasteiger partial charge in [-0.1, -0.05) is 140 Å². The Morgan fingerprint density at radius 1 is 0.442 bits per heavy atom. The predicted molar refractivity (Wildman–Crippen MR) is 221 cm³/mol. The Bertz CT molecular complexity index is 3140. The Labute approximate surface area is 303 Å². The van der Waals surface area contributed by atoms with Gasteiger partial charge in [-0.2, -0.15) is 0 Å². The van der Waals surface area contributed by atoms with Crippen LogP contribution < -0.4 is 0 Å². The van der Waals surface area contributed by atoms with Crippen LogP contribution in [0.1, 0.15) is 0 Å². The summed E-state index contributed by atoms with van der Waals surface area (Å²) in [5.74, 6) is 0.732. The summed E-state index contributed by atoms with van der Waals surface area (Å²) in [6, 6.07) is 63.1. The van der Waals surface area contributed by atoms with Crippen LogP contribution in [0.2, 0.25) is 0 Å². The van der Waals surface area contributed by atoms with E-state index in [1.165, 1.54) is 53.6 Å². The number of nitrogens with zero attached hydrogens (tertiary/aromatic N) is 3. The van der Waals surface area contributed by atoms with Gasteiger partial charge in [0.15, 0.2) is 5.82 Å². The van der Waals surface area contributed by atoms with Crippen molar-refractivity contribution in [3.8, 4) is 39.5 Å². The molecule has 0 amide bonds. The number of hydrogen-bond acceptors (Lipinski definition) is 3. The van der Waals surface area contributed by atoms with Gasteiger partial charge in [-0.25, -0.2) is 9.97 Å². The lowest BCUT2D eigenvalue weighted by molar-refractivity contribution is 1.18. The zero-order chi connectivity index (χ0) is 34.2. The molecule has 0 N–H and O–H groups in total. The fourth-order valence-corrected chi connectivity index (χ4v) is 9.19. The van der Waals surface area contributed by atoms with Crippen LogP contribution in [0.3, 0.4) is 0 Å². The van der Waals surface area contributed by atoms with Gasteiger partial charge >= 0.3 is 0 Å². The molecule has 11 aromatic rings. The van der Waals surface area contributed by atoms with Crippen LogP contribution in [0.25, 0.3) is 103 Å². The van der Waals surface area contributed by atoms with Crippen molar-refractivity contribution >= 4 is 75.0 Å². The van der Waals surface area contributed by atoms with Gasteiger partial charge in [0.2, 0.25) is 0 Å². The van der Waals surface area contributed by atoms with Crippen molar-refractivity contribution < 1.29 is 0 Å². The third-order valence-electron chi connectivity index (χ3n) is 10.4. The highest BCUT2D eigenvalue weighted by Crippen LogP contribution is 2.44. The molecule has 4 heteroatoms. The maximum Gasteiger partial charge on any atom is 0.160 e. The lowest BCUT2D eigenvalue weighted by atomic mass is 9.98. The van der Waals surface area contributed by atoms with Gasteiger partial charge in [-0.15, -0.1) is 11.3 Å². The molecule has 8 aromatic carbocycles. The second kappa shape index (κ2) is 11.5. The first-order valence-corrected chi connectivity index (χ1v) is 18.4. The molecule has 0 aliphatic heterocycles. The van der Waals surface area contributed by atoms with Gasteiger partial charge in [0.1, 0.15) is 0 Å². The van der Waals surface area contributed by atoms with E-state index < -0.39 is 0 Å². The summed E-state index contributed by atoms with van der Waals surface area (Å²) in [4.78, 5) is 10.7. The minimum atomic E-state index is 0.732. The van der Waals surface area contributed by atoms with Gasteiger partial charge < -0.3 is 4.57 Å². The van der Waals surface area contributed by atoms with Gasteiger partial charge in [0.05, 0.1) is 26.9 Å². The van der Waals surface area contributed by atoms with E-state index in [2.05, 4.69) is 174 Å². The standard InChI is InChI=1S/C48H29N3S/c1-2-13-31(14-3-1)48-49-45(34-26-27-37-33(28-34)25-24-30-12-4-5-17-36(30)37)47-46(50-48)44-38(20-11-23-43(44)52-47)32-15-10-16-35(29-32)51-41-21-8-6-18-39(41)40-19-7-9-22-42(40)51/h1-29H. The molecule has 52 heavy (non-hydrogen) atoms. The highest BCUT2D eigenvalue weighted by molar-refractivity contribution is 7.26. The highest BCUT2D eigenvalue weighted by Gasteiger charge is 2.20. The van der Waals surface area contributed by atoms with Gasteiger partial charge in [-0.3, -0.25) is 0 Å². The average Bonchev–Trinajstić information content (AvgIpc) is 3.77. The molecule has 3 nitrogen and oxygen atoms in total. The van der Waals surface area contributed by atoms with Crippen LogP contribution in [0.15, 0.2) is 176 Å². The lowest BCUT2D eigenvalue weighted by Crippen LogP contribution is -1.95. The van der Waals surface area contributed by atoms with Crippen molar-refractivity contribution in [3.05, 3.63) is 176 Å². The zero-order valence-corrected chi connectivity index (χ0v) is 28.8. The predicted octanol–water partition coefficient (Wildman–Crippen LogP) is 13.2. The van der Waals surface area contributed by atoms with E-state index in [0.717, 1.165) is 49.5 Å². The van der Waals surface area contributed by atoms with Crippen molar-refractivity contribution in [2.75, 3.05) is 0 Å². The molecule has 0 unspecified atom stereocenters. The van der Waals surface area contributed by atoms with Crippen molar-refractivity contribution in [1.82, 2.24) is 14.5 Å². The number of rotatable bonds is 4. The molecule has 242 valence electrons. The van der Waals surface area contributed by atoms with Gasteiger partial charge in [0, 0.05) is 37.7 Å². The summed E-state index contributed by atoms with van der Waals surface area (Å²) in [5.41, 5.74) is 9.91. The Morgan fingerprint density at radius 3 is 1.94 bits per heavy atom. The molecule has 0 aliphatic rings. The van der Waals surface area contributed by atoms with Crippen LogP contribution in [0.5, 0.6) is 0 Å². The largest absolute Gasteiger partial charge is 0.309 e. The highest BCUT2D eigenvalue weighted by atomic mass is 32.1. The Kier molecular flexibility index (Phi) is 6.42. The van der Waals surface area contributed by atoms with Gasteiger partial charge in [-0.05, 0) is 69.1 Å². The Balaban J connectivity index is 1.15. The first-order chi connectivity index (χ1) is 25.8. The number of fused-ring (bicyclic) bond motifs is 9. The second-order valence-electron chi connectivity index (χ2n) is 13.4. The van der Waals surface area contributed by atoms with E-state index in [1.807, 2.05) is 6.07 Å². The third-order valence-corrected chi connectivity index (χ3v) is 11.5. The molecule has 0 atom stereocenters. The van der Waals surface area contributed by atoms with Crippen molar-refractivity contribution in [3.63, 3.8) is 0 Å². The molecular formula is C48H29N3S. The minimum absolute atomic E-state index is 0.732. The van der Waals surface area contributed by atoms with E-state index >= 15 is 0 Å². The second-order valence-corrected chi connectivity index (χ2v) is 14.4. The number of benzene rings is 8. The molecule has 11 rings (SSSR count). The SMILES string of the molecule is c1ccc(-c2nc(-c3ccc4c(ccc5ccccc54)c3)c3sc4cccc(-c5cccc(-n6c7ccccc7c7ccccc76)c5)c4c3n2)cc1. The van der Waals surface area contributed by atoms with Crippen LogP contribution in [-0.2, 0) is 0 Å². The summed E-state index contributed by atoms with van der Waals surface area (Å²) in [7, 11) is 0. The van der Waals surface area contributed by atoms with Crippen molar-refractivity contribution in [1.29, 1.82) is 0 Å². The Hall–Kier alpha value is -6.62.